The molecule has 1 aromatic rings. The van der Waals surface area contributed by atoms with E-state index in [1.54, 1.807) is 0 Å². The lowest BCUT2D eigenvalue weighted by molar-refractivity contribution is -0.134. The van der Waals surface area contributed by atoms with Gasteiger partial charge in [0.25, 0.3) is 0 Å². The van der Waals surface area contributed by atoms with Gasteiger partial charge in [-0.2, -0.15) is 0 Å². The number of carbonyl (C=O) groups excluding carboxylic acids is 1. The molecule has 0 spiro atoms. The minimum absolute atomic E-state index is 0.0626. The van der Waals surface area contributed by atoms with Crippen LogP contribution in [0.3, 0.4) is 0 Å². The summed E-state index contributed by atoms with van der Waals surface area (Å²) in [6.07, 6.45) is 1.90. The van der Waals surface area contributed by atoms with E-state index in [0.717, 1.165) is 17.1 Å². The highest BCUT2D eigenvalue weighted by Crippen LogP contribution is 2.69. The van der Waals surface area contributed by atoms with Gasteiger partial charge in [-0.1, -0.05) is 48.5 Å². The number of amides is 1. The summed E-state index contributed by atoms with van der Waals surface area (Å²) >= 11 is 0. The molecular formula is C18H27N3O. The third-order valence-electron chi connectivity index (χ3n) is 5.91. The van der Waals surface area contributed by atoms with Crippen molar-refractivity contribution in [3.05, 3.63) is 23.3 Å². The van der Waals surface area contributed by atoms with Crippen LogP contribution in [-0.4, -0.2) is 20.8 Å². The molecule has 1 aromatic heterocycles. The Bertz CT molecular complexity index is 626. The van der Waals surface area contributed by atoms with E-state index in [4.69, 9.17) is 4.98 Å². The van der Waals surface area contributed by atoms with E-state index in [1.807, 2.05) is 11.1 Å². The van der Waals surface area contributed by atoms with Crippen molar-refractivity contribution in [2.24, 2.45) is 16.7 Å². The fourth-order valence-electron chi connectivity index (χ4n) is 3.67. The van der Waals surface area contributed by atoms with Crippen LogP contribution >= 0.6 is 0 Å². The minimum Gasteiger partial charge on any atom is -0.332 e. The molecule has 0 radical (unpaired) electrons. The smallest absolute Gasteiger partial charge is 0.227 e. The second kappa shape index (κ2) is 4.30. The first-order valence-electron chi connectivity index (χ1n) is 8.10. The second-order valence-electron chi connectivity index (χ2n) is 8.99. The molecule has 120 valence electrons. The average Bonchev–Trinajstić information content (AvgIpc) is 2.73. The van der Waals surface area contributed by atoms with E-state index >= 15 is 0 Å². The first-order chi connectivity index (χ1) is 9.96. The topological polar surface area (TPSA) is 46.1 Å². The maximum absolute atomic E-state index is 12.9. The number of carbonyl (C=O) groups is 1. The molecule has 0 bridgehead atoms. The highest BCUT2D eigenvalue weighted by Gasteiger charge is 2.69. The lowest BCUT2D eigenvalue weighted by atomic mass is 9.95. The lowest BCUT2D eigenvalue weighted by Gasteiger charge is -2.17. The number of rotatable bonds is 1. The van der Waals surface area contributed by atoms with Gasteiger partial charge in [0.1, 0.15) is 5.82 Å². The Morgan fingerprint density at radius 2 is 1.77 bits per heavy atom. The quantitative estimate of drug-likeness (QED) is 0.799. The molecular weight excluding hydrogens is 274 g/mol. The Hall–Kier alpha value is -1.45. The standard InChI is InChI=1S/C18H27N3O/c1-16(2,3)15-19-8-11-9-21(10-12(11)20-15)14(22)13-17(4,5)18(13,6)7/h8,13H,9-10H2,1-7H3. The van der Waals surface area contributed by atoms with E-state index in [0.29, 0.717) is 13.1 Å². The maximum Gasteiger partial charge on any atom is 0.227 e. The average molecular weight is 301 g/mol. The van der Waals surface area contributed by atoms with Gasteiger partial charge in [0, 0.05) is 29.6 Å². The van der Waals surface area contributed by atoms with Crippen molar-refractivity contribution in [1.29, 1.82) is 0 Å². The molecule has 2 heterocycles. The molecule has 22 heavy (non-hydrogen) atoms. The molecule has 3 rings (SSSR count). The third-order valence-corrected chi connectivity index (χ3v) is 5.91. The van der Waals surface area contributed by atoms with E-state index in [9.17, 15) is 4.79 Å². The fraction of sp³-hybridized carbons (Fsp3) is 0.722. The molecule has 0 N–H and O–H groups in total. The van der Waals surface area contributed by atoms with E-state index < -0.39 is 0 Å². The Morgan fingerprint density at radius 1 is 1.18 bits per heavy atom. The normalized spacial score (nSPS) is 22.6. The van der Waals surface area contributed by atoms with Gasteiger partial charge in [-0.3, -0.25) is 4.79 Å². The van der Waals surface area contributed by atoms with Crippen LogP contribution in [0.1, 0.15) is 65.5 Å². The Labute approximate surface area is 133 Å². The molecule has 1 saturated carbocycles. The summed E-state index contributed by atoms with van der Waals surface area (Å²) in [7, 11) is 0. The summed E-state index contributed by atoms with van der Waals surface area (Å²) in [5, 5.41) is 0. The molecule has 0 unspecified atom stereocenters. The zero-order chi connectivity index (χ0) is 16.5. The molecule has 1 fully saturated rings. The number of aromatic nitrogens is 2. The monoisotopic (exact) mass is 301 g/mol. The number of hydrogen-bond acceptors (Lipinski definition) is 3. The molecule has 1 aliphatic carbocycles. The van der Waals surface area contributed by atoms with Gasteiger partial charge in [0.05, 0.1) is 12.2 Å². The first-order valence-corrected chi connectivity index (χ1v) is 8.10. The summed E-state index contributed by atoms with van der Waals surface area (Å²) in [5.74, 6) is 1.24. The van der Waals surface area contributed by atoms with Crippen LogP contribution in [0.4, 0.5) is 0 Å². The number of fused-ring (bicyclic) bond motifs is 1. The highest BCUT2D eigenvalue weighted by molar-refractivity contribution is 5.84. The molecule has 2 aliphatic rings. The summed E-state index contributed by atoms with van der Waals surface area (Å²) in [6, 6.07) is 0. The van der Waals surface area contributed by atoms with E-state index in [2.05, 4.69) is 53.5 Å². The van der Waals surface area contributed by atoms with E-state index in [1.165, 1.54) is 0 Å². The van der Waals surface area contributed by atoms with Crippen molar-refractivity contribution >= 4 is 5.91 Å². The second-order valence-corrected chi connectivity index (χ2v) is 8.99. The fourth-order valence-corrected chi connectivity index (χ4v) is 3.67. The molecule has 1 aliphatic heterocycles. The van der Waals surface area contributed by atoms with Crippen molar-refractivity contribution in [2.45, 2.75) is 67.0 Å². The van der Waals surface area contributed by atoms with Crippen LogP contribution in [0.15, 0.2) is 6.20 Å². The first kappa shape index (κ1) is 15.4. The Kier molecular flexibility index (Phi) is 3.02. The van der Waals surface area contributed by atoms with Crippen molar-refractivity contribution in [3.63, 3.8) is 0 Å². The summed E-state index contributed by atoms with van der Waals surface area (Å²) in [5.41, 5.74) is 2.22. The minimum atomic E-state index is -0.0626. The zero-order valence-electron chi connectivity index (χ0n) is 14.8. The van der Waals surface area contributed by atoms with E-state index in [-0.39, 0.29) is 28.1 Å². The van der Waals surface area contributed by atoms with Gasteiger partial charge in [-0.15, -0.1) is 0 Å². The van der Waals surface area contributed by atoms with Crippen molar-refractivity contribution < 1.29 is 4.79 Å². The Balaban J connectivity index is 1.80. The van der Waals surface area contributed by atoms with Gasteiger partial charge in [0.15, 0.2) is 0 Å². The third kappa shape index (κ3) is 2.07. The van der Waals surface area contributed by atoms with Gasteiger partial charge >= 0.3 is 0 Å². The summed E-state index contributed by atoms with van der Waals surface area (Å²) in [6.45, 7) is 16.4. The van der Waals surface area contributed by atoms with Gasteiger partial charge in [-0.05, 0) is 10.8 Å². The van der Waals surface area contributed by atoms with Crippen molar-refractivity contribution in [2.75, 3.05) is 0 Å². The van der Waals surface area contributed by atoms with Crippen LogP contribution < -0.4 is 0 Å². The van der Waals surface area contributed by atoms with Crippen LogP contribution in [-0.2, 0) is 23.3 Å². The zero-order valence-corrected chi connectivity index (χ0v) is 14.8. The number of nitrogens with zero attached hydrogens (tertiary/aromatic N) is 3. The lowest BCUT2D eigenvalue weighted by Crippen LogP contribution is -2.29. The summed E-state index contributed by atoms with van der Waals surface area (Å²) < 4.78 is 0. The number of hydrogen-bond donors (Lipinski definition) is 0. The highest BCUT2D eigenvalue weighted by atomic mass is 16.2. The van der Waals surface area contributed by atoms with Crippen LogP contribution in [0.25, 0.3) is 0 Å². The molecule has 4 nitrogen and oxygen atoms in total. The van der Waals surface area contributed by atoms with Gasteiger partial charge in [0.2, 0.25) is 5.91 Å². The SMILES string of the molecule is CC(C)(C)c1ncc2c(n1)CN(C(=O)C1C(C)(C)C1(C)C)C2. The molecule has 4 heteroatoms. The van der Waals surface area contributed by atoms with Crippen LogP contribution in [0.5, 0.6) is 0 Å². The molecule has 1 amide bonds. The van der Waals surface area contributed by atoms with Crippen molar-refractivity contribution in [3.8, 4) is 0 Å². The van der Waals surface area contributed by atoms with Gasteiger partial charge in [-0.25, -0.2) is 9.97 Å². The molecule has 0 saturated heterocycles. The van der Waals surface area contributed by atoms with Crippen LogP contribution in [0.2, 0.25) is 0 Å². The van der Waals surface area contributed by atoms with Crippen molar-refractivity contribution in [1.82, 2.24) is 14.9 Å². The molecule has 0 aromatic carbocycles. The van der Waals surface area contributed by atoms with Crippen LogP contribution in [0, 0.1) is 16.7 Å². The summed E-state index contributed by atoms with van der Waals surface area (Å²) in [4.78, 5) is 24.0. The van der Waals surface area contributed by atoms with Gasteiger partial charge < -0.3 is 4.90 Å². The Morgan fingerprint density at radius 3 is 2.27 bits per heavy atom. The predicted molar refractivity (Wildman–Crippen MR) is 86.0 cm³/mol. The maximum atomic E-state index is 12.9. The molecule has 0 atom stereocenters. The largest absolute Gasteiger partial charge is 0.332 e. The predicted octanol–water partition coefficient (Wildman–Crippen LogP) is 3.30.